The number of nitrogens with zero attached hydrogens (tertiary/aromatic N) is 3. The first-order valence-electron chi connectivity index (χ1n) is 9.47. The molecule has 2 fully saturated rings. The molecule has 5 nitrogen and oxygen atoms in total. The maximum absolute atomic E-state index is 11.7. The summed E-state index contributed by atoms with van der Waals surface area (Å²) in [4.78, 5) is 4.90. The molecule has 0 saturated heterocycles. The summed E-state index contributed by atoms with van der Waals surface area (Å²) in [5.74, 6) is 2.81. The highest BCUT2D eigenvalue weighted by Crippen LogP contribution is 2.35. The van der Waals surface area contributed by atoms with Crippen LogP contribution in [0.3, 0.4) is 0 Å². The Bertz CT molecular complexity index is 711. The molecule has 24 heavy (non-hydrogen) atoms. The van der Waals surface area contributed by atoms with Crippen molar-refractivity contribution in [1.82, 2.24) is 14.8 Å². The first-order valence-corrected chi connectivity index (χ1v) is 11.2. The van der Waals surface area contributed by atoms with Crippen LogP contribution in [-0.4, -0.2) is 28.9 Å². The fourth-order valence-corrected chi connectivity index (χ4v) is 5.89. The molecule has 1 aliphatic heterocycles. The molecule has 0 amide bonds. The number of aromatic nitrogens is 3. The normalized spacial score (nSPS) is 27.9. The highest BCUT2D eigenvalue weighted by atomic mass is 32.2. The molecular weight excluding hydrogens is 322 g/mol. The van der Waals surface area contributed by atoms with Crippen LogP contribution in [-0.2, 0) is 16.3 Å². The number of sulfone groups is 1. The lowest BCUT2D eigenvalue weighted by molar-refractivity contribution is 0.317. The van der Waals surface area contributed by atoms with Crippen LogP contribution in [0.4, 0.5) is 0 Å². The average Bonchev–Trinajstić information content (AvgIpc) is 3.28. The van der Waals surface area contributed by atoms with Gasteiger partial charge < -0.3 is 0 Å². The summed E-state index contributed by atoms with van der Waals surface area (Å²) < 4.78 is 25.6. The molecule has 0 unspecified atom stereocenters. The van der Waals surface area contributed by atoms with Crippen LogP contribution < -0.4 is 0 Å². The molecule has 1 atom stereocenters. The van der Waals surface area contributed by atoms with Gasteiger partial charge in [0.1, 0.15) is 5.82 Å². The van der Waals surface area contributed by atoms with Gasteiger partial charge in [0.25, 0.3) is 0 Å². The van der Waals surface area contributed by atoms with Gasteiger partial charge in [-0.1, -0.05) is 38.2 Å². The zero-order valence-corrected chi connectivity index (χ0v) is 15.0. The van der Waals surface area contributed by atoms with Crippen LogP contribution in [0.15, 0.2) is 11.5 Å². The van der Waals surface area contributed by atoms with Gasteiger partial charge in [0.05, 0.1) is 11.8 Å². The predicted octanol–water partition coefficient (Wildman–Crippen LogP) is 3.54. The lowest BCUT2D eigenvalue weighted by atomic mass is 9.95. The van der Waals surface area contributed by atoms with E-state index in [4.69, 9.17) is 10.1 Å². The minimum atomic E-state index is -3.00. The van der Waals surface area contributed by atoms with Crippen molar-refractivity contribution in [3.8, 4) is 0 Å². The smallest absolute Gasteiger partial charge is 0.171 e. The molecule has 0 spiro atoms. The standard InChI is InChI=1S/C18H27N3O2S/c22-24(23)11-10-14(13-24)12-17-19-18(15-6-4-5-7-15)20-21(17)16-8-2-1-3-9-16/h10-11,14-16H,1-9,12-13H2/t14-/m0/s1. The van der Waals surface area contributed by atoms with E-state index in [-0.39, 0.29) is 11.7 Å². The zero-order valence-electron chi connectivity index (χ0n) is 14.2. The Hall–Kier alpha value is -1.17. The summed E-state index contributed by atoms with van der Waals surface area (Å²) in [6, 6.07) is 0.457. The van der Waals surface area contributed by atoms with Gasteiger partial charge in [0.15, 0.2) is 15.7 Å². The summed E-state index contributed by atoms with van der Waals surface area (Å²) in [6.45, 7) is 0. The fourth-order valence-electron chi connectivity index (χ4n) is 4.49. The molecule has 3 aliphatic rings. The Kier molecular flexibility index (Phi) is 4.50. The van der Waals surface area contributed by atoms with Crippen molar-refractivity contribution in [2.45, 2.75) is 76.2 Å². The van der Waals surface area contributed by atoms with Crippen LogP contribution in [0, 0.1) is 5.92 Å². The molecule has 1 aromatic heterocycles. The van der Waals surface area contributed by atoms with E-state index in [9.17, 15) is 8.42 Å². The highest BCUT2D eigenvalue weighted by Gasteiger charge is 2.29. The Balaban J connectivity index is 1.59. The molecule has 1 aromatic rings. The second-order valence-electron chi connectivity index (χ2n) is 7.73. The summed E-state index contributed by atoms with van der Waals surface area (Å²) in [5, 5.41) is 6.30. The summed E-state index contributed by atoms with van der Waals surface area (Å²) >= 11 is 0. The minimum Gasteiger partial charge on any atom is -0.247 e. The molecule has 4 rings (SSSR count). The van der Waals surface area contributed by atoms with E-state index in [1.54, 1.807) is 0 Å². The molecule has 2 heterocycles. The van der Waals surface area contributed by atoms with Crippen LogP contribution in [0.5, 0.6) is 0 Å². The molecule has 0 radical (unpaired) electrons. The van der Waals surface area contributed by atoms with Gasteiger partial charge in [-0.2, -0.15) is 5.10 Å². The number of allylic oxidation sites excluding steroid dienone is 1. The molecule has 2 aliphatic carbocycles. The third-order valence-electron chi connectivity index (χ3n) is 5.81. The molecule has 0 N–H and O–H groups in total. The van der Waals surface area contributed by atoms with Crippen molar-refractivity contribution in [3.05, 3.63) is 23.1 Å². The monoisotopic (exact) mass is 349 g/mol. The van der Waals surface area contributed by atoms with Gasteiger partial charge in [-0.25, -0.2) is 18.1 Å². The van der Waals surface area contributed by atoms with Crippen molar-refractivity contribution in [3.63, 3.8) is 0 Å². The first-order chi connectivity index (χ1) is 11.6. The van der Waals surface area contributed by atoms with E-state index in [1.165, 1.54) is 63.2 Å². The molecule has 0 aromatic carbocycles. The van der Waals surface area contributed by atoms with Crippen LogP contribution >= 0.6 is 0 Å². The van der Waals surface area contributed by atoms with E-state index in [0.29, 0.717) is 18.4 Å². The topological polar surface area (TPSA) is 64.8 Å². The fraction of sp³-hybridized carbons (Fsp3) is 0.778. The third kappa shape index (κ3) is 3.44. The van der Waals surface area contributed by atoms with Gasteiger partial charge in [-0.05, 0) is 31.6 Å². The highest BCUT2D eigenvalue weighted by molar-refractivity contribution is 7.94. The van der Waals surface area contributed by atoms with Gasteiger partial charge in [0, 0.05) is 17.7 Å². The maximum atomic E-state index is 11.7. The number of hydrogen-bond donors (Lipinski definition) is 0. The Morgan fingerprint density at radius 1 is 1.04 bits per heavy atom. The Labute approximate surface area is 144 Å². The van der Waals surface area contributed by atoms with Crippen LogP contribution in [0.25, 0.3) is 0 Å². The predicted molar refractivity (Wildman–Crippen MR) is 93.5 cm³/mol. The van der Waals surface area contributed by atoms with Crippen molar-refractivity contribution in [2.75, 3.05) is 5.75 Å². The molecule has 6 heteroatoms. The summed E-state index contributed by atoms with van der Waals surface area (Å²) in [7, 11) is -3.00. The molecule has 132 valence electrons. The van der Waals surface area contributed by atoms with Gasteiger partial charge in [-0.3, -0.25) is 0 Å². The maximum Gasteiger partial charge on any atom is 0.171 e. The minimum absolute atomic E-state index is 0.0537. The Morgan fingerprint density at radius 3 is 2.42 bits per heavy atom. The second kappa shape index (κ2) is 6.62. The van der Waals surface area contributed by atoms with Crippen molar-refractivity contribution >= 4 is 9.84 Å². The number of hydrogen-bond acceptors (Lipinski definition) is 4. The number of rotatable bonds is 4. The molecule has 0 bridgehead atoms. The third-order valence-corrected chi connectivity index (χ3v) is 7.27. The SMILES string of the molecule is O=S1(=O)C=C[C@@H](Cc2nc(C3CCCC3)nn2C2CCCCC2)C1. The second-order valence-corrected chi connectivity index (χ2v) is 9.66. The lowest BCUT2D eigenvalue weighted by Gasteiger charge is -2.23. The zero-order chi connectivity index (χ0) is 16.6. The van der Waals surface area contributed by atoms with Crippen molar-refractivity contribution in [1.29, 1.82) is 0 Å². The summed E-state index contributed by atoms with van der Waals surface area (Å²) in [5.41, 5.74) is 0. The largest absolute Gasteiger partial charge is 0.247 e. The first kappa shape index (κ1) is 16.3. The van der Waals surface area contributed by atoms with E-state index in [1.807, 2.05) is 6.08 Å². The Morgan fingerprint density at radius 2 is 1.75 bits per heavy atom. The molecular formula is C18H27N3O2S. The quantitative estimate of drug-likeness (QED) is 0.834. The lowest BCUT2D eigenvalue weighted by Crippen LogP contribution is -2.19. The van der Waals surface area contributed by atoms with E-state index < -0.39 is 9.84 Å². The average molecular weight is 350 g/mol. The van der Waals surface area contributed by atoms with Crippen molar-refractivity contribution in [2.24, 2.45) is 5.92 Å². The molecule has 2 saturated carbocycles. The van der Waals surface area contributed by atoms with E-state index in [2.05, 4.69) is 4.68 Å². The summed E-state index contributed by atoms with van der Waals surface area (Å²) in [6.07, 6.45) is 13.7. The van der Waals surface area contributed by atoms with Crippen LogP contribution in [0.2, 0.25) is 0 Å². The van der Waals surface area contributed by atoms with Gasteiger partial charge in [-0.15, -0.1) is 0 Å². The van der Waals surface area contributed by atoms with Gasteiger partial charge in [0.2, 0.25) is 0 Å². The van der Waals surface area contributed by atoms with Crippen LogP contribution in [0.1, 0.15) is 81.4 Å². The van der Waals surface area contributed by atoms with E-state index >= 15 is 0 Å². The van der Waals surface area contributed by atoms with Crippen molar-refractivity contribution < 1.29 is 8.42 Å². The van der Waals surface area contributed by atoms with E-state index in [0.717, 1.165) is 11.6 Å². The van der Waals surface area contributed by atoms with Gasteiger partial charge >= 0.3 is 0 Å².